The van der Waals surface area contributed by atoms with Crippen LogP contribution in [-0.2, 0) is 6.54 Å². The lowest BCUT2D eigenvalue weighted by Gasteiger charge is -2.08. The molecule has 0 fully saturated rings. The quantitative estimate of drug-likeness (QED) is 0.765. The molecule has 0 aliphatic heterocycles. The van der Waals surface area contributed by atoms with E-state index in [0.29, 0.717) is 6.54 Å². The van der Waals surface area contributed by atoms with Gasteiger partial charge in [-0.3, -0.25) is 0 Å². The summed E-state index contributed by atoms with van der Waals surface area (Å²) in [6.45, 7) is 4.74. The molecule has 0 atom stereocenters. The molecule has 3 aromatic rings. The van der Waals surface area contributed by atoms with Crippen LogP contribution in [0, 0.1) is 13.8 Å². The number of aromatic nitrogens is 1. The van der Waals surface area contributed by atoms with Crippen molar-refractivity contribution in [3.63, 3.8) is 0 Å². The van der Waals surface area contributed by atoms with Gasteiger partial charge < -0.3 is 10.5 Å². The Labute approximate surface area is 140 Å². The van der Waals surface area contributed by atoms with Crippen LogP contribution in [0.25, 0.3) is 21.8 Å². The average molecular weight is 324 g/mol. The fourth-order valence-corrected chi connectivity index (χ4v) is 3.49. The molecule has 0 saturated carbocycles. The van der Waals surface area contributed by atoms with Crippen LogP contribution in [0.1, 0.15) is 16.0 Å². The highest BCUT2D eigenvalue weighted by Gasteiger charge is 2.15. The van der Waals surface area contributed by atoms with Crippen LogP contribution in [0.15, 0.2) is 42.5 Å². The Morgan fingerprint density at radius 1 is 1.09 bits per heavy atom. The topological polar surface area (TPSA) is 48.1 Å². The lowest BCUT2D eigenvalue weighted by Crippen LogP contribution is -1.95. The Balaban J connectivity index is 2.06. The lowest BCUT2D eigenvalue weighted by atomic mass is 10.1. The van der Waals surface area contributed by atoms with Crippen molar-refractivity contribution in [3.8, 4) is 27.6 Å². The molecule has 1 aromatic heterocycles. The first-order valence-corrected chi connectivity index (χ1v) is 8.36. The first kappa shape index (κ1) is 15.7. The monoisotopic (exact) mass is 324 g/mol. The lowest BCUT2D eigenvalue weighted by molar-refractivity contribution is 0.416. The third-order valence-electron chi connectivity index (χ3n) is 3.84. The molecule has 0 aliphatic rings. The molecule has 118 valence electrons. The Hall–Kier alpha value is -2.17. The maximum absolute atomic E-state index is 5.66. The fourth-order valence-electron chi connectivity index (χ4n) is 2.56. The van der Waals surface area contributed by atoms with Crippen LogP contribution in [-0.4, -0.2) is 12.1 Å². The number of thiazole rings is 1. The fraction of sp³-hybridized carbons (Fsp3) is 0.211. The van der Waals surface area contributed by atoms with E-state index in [4.69, 9.17) is 15.5 Å². The minimum atomic E-state index is 0.558. The van der Waals surface area contributed by atoms with E-state index in [2.05, 4.69) is 50.2 Å². The van der Waals surface area contributed by atoms with E-state index < -0.39 is 0 Å². The van der Waals surface area contributed by atoms with Gasteiger partial charge in [-0.2, -0.15) is 0 Å². The summed E-state index contributed by atoms with van der Waals surface area (Å²) < 4.78 is 5.51. The predicted octanol–water partition coefficient (Wildman–Crippen LogP) is 4.56. The van der Waals surface area contributed by atoms with Gasteiger partial charge in [0.1, 0.15) is 10.8 Å². The summed E-state index contributed by atoms with van der Waals surface area (Å²) in [4.78, 5) is 6.05. The van der Waals surface area contributed by atoms with Gasteiger partial charge in [-0.15, -0.1) is 11.3 Å². The van der Waals surface area contributed by atoms with Crippen molar-refractivity contribution in [2.75, 3.05) is 7.11 Å². The van der Waals surface area contributed by atoms with Crippen molar-refractivity contribution >= 4 is 11.3 Å². The number of methoxy groups -OCH3 is 1. The molecule has 0 amide bonds. The molecule has 0 radical (unpaired) electrons. The minimum absolute atomic E-state index is 0.558. The van der Waals surface area contributed by atoms with E-state index in [1.807, 2.05) is 6.07 Å². The van der Waals surface area contributed by atoms with Crippen molar-refractivity contribution in [1.82, 2.24) is 4.98 Å². The first-order valence-electron chi connectivity index (χ1n) is 7.54. The standard InChI is InChI=1S/C19H20N2OS/c1-12-4-9-17(22-3)16(10-12)18-13(2)23-19(21-18)15-7-5-14(11-20)6-8-15/h4-10H,11,20H2,1-3H3. The molecule has 23 heavy (non-hydrogen) atoms. The van der Waals surface area contributed by atoms with Gasteiger partial charge in [-0.25, -0.2) is 4.98 Å². The van der Waals surface area contributed by atoms with Crippen LogP contribution < -0.4 is 10.5 Å². The maximum Gasteiger partial charge on any atom is 0.128 e. The van der Waals surface area contributed by atoms with Gasteiger partial charge in [0.05, 0.1) is 12.8 Å². The highest BCUT2D eigenvalue weighted by atomic mass is 32.1. The van der Waals surface area contributed by atoms with Crippen LogP contribution in [0.3, 0.4) is 0 Å². The Morgan fingerprint density at radius 2 is 1.83 bits per heavy atom. The Morgan fingerprint density at radius 3 is 2.48 bits per heavy atom. The third kappa shape index (κ3) is 3.14. The van der Waals surface area contributed by atoms with Gasteiger partial charge in [-0.1, -0.05) is 35.9 Å². The molecule has 1 heterocycles. The highest BCUT2D eigenvalue weighted by molar-refractivity contribution is 7.15. The predicted molar refractivity (Wildman–Crippen MR) is 96.9 cm³/mol. The summed E-state index contributed by atoms with van der Waals surface area (Å²) in [5.41, 5.74) is 11.1. The van der Waals surface area contributed by atoms with E-state index in [1.165, 1.54) is 10.4 Å². The molecular formula is C19H20N2OS. The summed E-state index contributed by atoms with van der Waals surface area (Å²) in [5.74, 6) is 0.856. The summed E-state index contributed by atoms with van der Waals surface area (Å²) >= 11 is 1.70. The number of rotatable bonds is 4. The number of benzene rings is 2. The Bertz CT molecular complexity index is 822. The summed E-state index contributed by atoms with van der Waals surface area (Å²) in [6, 6.07) is 14.4. The highest BCUT2D eigenvalue weighted by Crippen LogP contribution is 2.37. The molecule has 0 spiro atoms. The number of ether oxygens (including phenoxy) is 1. The molecule has 0 bridgehead atoms. The summed E-state index contributed by atoms with van der Waals surface area (Å²) in [6.07, 6.45) is 0. The summed E-state index contributed by atoms with van der Waals surface area (Å²) in [7, 11) is 1.70. The second kappa shape index (κ2) is 6.52. The van der Waals surface area contributed by atoms with E-state index in [0.717, 1.165) is 33.1 Å². The third-order valence-corrected chi connectivity index (χ3v) is 4.86. The minimum Gasteiger partial charge on any atom is -0.496 e. The second-order valence-corrected chi connectivity index (χ2v) is 6.73. The van der Waals surface area contributed by atoms with Gasteiger partial charge in [0.2, 0.25) is 0 Å². The van der Waals surface area contributed by atoms with E-state index >= 15 is 0 Å². The van der Waals surface area contributed by atoms with Crippen LogP contribution >= 0.6 is 11.3 Å². The zero-order chi connectivity index (χ0) is 16.4. The SMILES string of the molecule is COc1ccc(C)cc1-c1nc(-c2ccc(CN)cc2)sc1C. The van der Waals surface area contributed by atoms with Crippen LogP contribution in [0.4, 0.5) is 0 Å². The molecule has 4 heteroatoms. The maximum atomic E-state index is 5.66. The molecule has 0 unspecified atom stereocenters. The van der Waals surface area contributed by atoms with Gasteiger partial charge in [-0.05, 0) is 31.5 Å². The van der Waals surface area contributed by atoms with Crippen LogP contribution in [0.2, 0.25) is 0 Å². The van der Waals surface area contributed by atoms with Gasteiger partial charge >= 0.3 is 0 Å². The van der Waals surface area contributed by atoms with Gasteiger partial charge in [0.25, 0.3) is 0 Å². The van der Waals surface area contributed by atoms with Crippen molar-refractivity contribution in [2.45, 2.75) is 20.4 Å². The Kier molecular flexibility index (Phi) is 4.46. The molecule has 2 N–H and O–H groups in total. The van der Waals surface area contributed by atoms with Crippen LogP contribution in [0.5, 0.6) is 5.75 Å². The molecule has 0 aliphatic carbocycles. The number of hydrogen-bond acceptors (Lipinski definition) is 4. The molecule has 2 aromatic carbocycles. The van der Waals surface area contributed by atoms with Crippen molar-refractivity contribution < 1.29 is 4.74 Å². The largest absolute Gasteiger partial charge is 0.496 e. The number of hydrogen-bond donors (Lipinski definition) is 1. The molecule has 3 nitrogen and oxygen atoms in total. The smallest absolute Gasteiger partial charge is 0.128 e. The molecule has 0 saturated heterocycles. The van der Waals surface area contributed by atoms with Crippen molar-refractivity contribution in [3.05, 3.63) is 58.5 Å². The molecule has 3 rings (SSSR count). The molecular weight excluding hydrogens is 304 g/mol. The summed E-state index contributed by atoms with van der Waals surface area (Å²) in [5, 5.41) is 1.02. The second-order valence-electron chi connectivity index (χ2n) is 5.53. The zero-order valence-corrected chi connectivity index (χ0v) is 14.4. The number of aryl methyl sites for hydroxylation is 2. The number of nitrogens with zero attached hydrogens (tertiary/aromatic N) is 1. The van der Waals surface area contributed by atoms with Crippen molar-refractivity contribution in [2.24, 2.45) is 5.73 Å². The van der Waals surface area contributed by atoms with Gasteiger partial charge in [0, 0.05) is 22.5 Å². The van der Waals surface area contributed by atoms with E-state index in [1.54, 1.807) is 18.4 Å². The normalized spacial score (nSPS) is 10.8. The van der Waals surface area contributed by atoms with E-state index in [9.17, 15) is 0 Å². The van der Waals surface area contributed by atoms with E-state index in [-0.39, 0.29) is 0 Å². The zero-order valence-electron chi connectivity index (χ0n) is 13.6. The first-order chi connectivity index (χ1) is 11.1. The number of nitrogens with two attached hydrogens (primary N) is 1. The van der Waals surface area contributed by atoms with Crippen molar-refractivity contribution in [1.29, 1.82) is 0 Å². The van der Waals surface area contributed by atoms with Gasteiger partial charge in [0.15, 0.2) is 0 Å². The average Bonchev–Trinajstić information content (AvgIpc) is 2.96.